The zero-order chi connectivity index (χ0) is 11.6. The van der Waals surface area contributed by atoms with Crippen molar-refractivity contribution >= 4 is 11.7 Å². The lowest BCUT2D eigenvalue weighted by Gasteiger charge is -2.03. The number of guanidine groups is 1. The number of nitrogens with zero attached hydrogens (tertiary/aromatic N) is 1. The average Bonchev–Trinajstić information content (AvgIpc) is 2.15. The molecular weight excluding hydrogens is 182 g/mol. The van der Waals surface area contributed by atoms with Crippen molar-refractivity contribution in [1.29, 1.82) is 0 Å². The molecule has 0 rings (SSSR count). The lowest BCUT2D eigenvalue weighted by atomic mass is 10.1. The number of ketones is 1. The molecule has 0 saturated heterocycles. The third kappa shape index (κ3) is 10.9. The van der Waals surface area contributed by atoms with E-state index < -0.39 is 6.10 Å². The summed E-state index contributed by atoms with van der Waals surface area (Å²) >= 11 is 0. The van der Waals surface area contributed by atoms with Crippen molar-refractivity contribution in [2.24, 2.45) is 16.5 Å². The van der Waals surface area contributed by atoms with Gasteiger partial charge in [-0.15, -0.1) is 0 Å². The fourth-order valence-electron chi connectivity index (χ4n) is 0.696. The molecule has 0 aromatic rings. The molecule has 5 nitrogen and oxygen atoms in total. The summed E-state index contributed by atoms with van der Waals surface area (Å²) in [6.07, 6.45) is 0.143. The molecule has 0 heterocycles. The standard InChI is InChI=1S/C7H15N3O2.C2H6/c1-5(11)6(12)3-2-4-10-7(8)9;1-2/h6,12H,2-4H2,1H3,(H4,8,9,10);1-2H3. The monoisotopic (exact) mass is 203 g/mol. The van der Waals surface area contributed by atoms with Gasteiger partial charge in [0.2, 0.25) is 0 Å². The van der Waals surface area contributed by atoms with E-state index in [0.717, 1.165) is 0 Å². The van der Waals surface area contributed by atoms with Crippen LogP contribution in [0.15, 0.2) is 4.99 Å². The Bertz CT molecular complexity index is 177. The van der Waals surface area contributed by atoms with Crippen molar-refractivity contribution in [3.8, 4) is 0 Å². The van der Waals surface area contributed by atoms with Gasteiger partial charge in [-0.05, 0) is 19.8 Å². The molecular formula is C9H21N3O2. The Morgan fingerprint density at radius 1 is 1.43 bits per heavy atom. The number of aliphatic hydroxyl groups is 1. The second-order valence-electron chi connectivity index (χ2n) is 2.58. The lowest BCUT2D eigenvalue weighted by molar-refractivity contribution is -0.125. The first-order valence-corrected chi connectivity index (χ1v) is 4.78. The largest absolute Gasteiger partial charge is 0.385 e. The third-order valence-corrected chi connectivity index (χ3v) is 1.40. The van der Waals surface area contributed by atoms with Gasteiger partial charge < -0.3 is 16.6 Å². The molecule has 0 spiro atoms. The van der Waals surface area contributed by atoms with Gasteiger partial charge in [0.25, 0.3) is 0 Å². The van der Waals surface area contributed by atoms with Crippen LogP contribution in [-0.4, -0.2) is 29.5 Å². The van der Waals surface area contributed by atoms with Gasteiger partial charge in [-0.1, -0.05) is 13.8 Å². The van der Waals surface area contributed by atoms with Gasteiger partial charge in [-0.25, -0.2) is 0 Å². The maximum Gasteiger partial charge on any atom is 0.185 e. The third-order valence-electron chi connectivity index (χ3n) is 1.40. The van der Waals surface area contributed by atoms with Crippen LogP contribution in [0.4, 0.5) is 0 Å². The highest BCUT2D eigenvalue weighted by atomic mass is 16.3. The Labute approximate surface area is 85.2 Å². The minimum Gasteiger partial charge on any atom is -0.385 e. The van der Waals surface area contributed by atoms with E-state index >= 15 is 0 Å². The van der Waals surface area contributed by atoms with Crippen LogP contribution < -0.4 is 11.5 Å². The second kappa shape index (κ2) is 9.98. The zero-order valence-corrected chi connectivity index (χ0v) is 9.16. The smallest absolute Gasteiger partial charge is 0.185 e. The Kier molecular flexibility index (Phi) is 11.0. The first-order chi connectivity index (χ1) is 6.54. The van der Waals surface area contributed by atoms with Crippen LogP contribution in [0, 0.1) is 0 Å². The van der Waals surface area contributed by atoms with Gasteiger partial charge in [-0.3, -0.25) is 9.79 Å². The van der Waals surface area contributed by atoms with Gasteiger partial charge in [0.1, 0.15) is 6.10 Å². The van der Waals surface area contributed by atoms with Gasteiger partial charge in [0, 0.05) is 6.54 Å². The summed E-state index contributed by atoms with van der Waals surface area (Å²) in [6, 6.07) is 0. The van der Waals surface area contributed by atoms with Crippen LogP contribution in [-0.2, 0) is 4.79 Å². The van der Waals surface area contributed by atoms with Crippen LogP contribution in [0.5, 0.6) is 0 Å². The fraction of sp³-hybridized carbons (Fsp3) is 0.778. The quantitative estimate of drug-likeness (QED) is 0.333. The Morgan fingerprint density at radius 3 is 2.29 bits per heavy atom. The van der Waals surface area contributed by atoms with E-state index in [1.54, 1.807) is 0 Å². The first kappa shape index (κ1) is 15.4. The van der Waals surface area contributed by atoms with E-state index in [0.29, 0.717) is 19.4 Å². The topological polar surface area (TPSA) is 102 Å². The molecule has 0 aliphatic carbocycles. The van der Waals surface area contributed by atoms with Crippen molar-refractivity contribution in [1.82, 2.24) is 0 Å². The first-order valence-electron chi connectivity index (χ1n) is 4.78. The highest BCUT2D eigenvalue weighted by Crippen LogP contribution is 1.97. The van der Waals surface area contributed by atoms with Crippen LogP contribution in [0.1, 0.15) is 33.6 Å². The van der Waals surface area contributed by atoms with Crippen LogP contribution in [0.2, 0.25) is 0 Å². The van der Waals surface area contributed by atoms with E-state index in [9.17, 15) is 4.79 Å². The fourth-order valence-corrected chi connectivity index (χ4v) is 0.696. The molecule has 0 aromatic heterocycles. The number of rotatable bonds is 5. The number of Topliss-reactive ketones (excluding diaryl/α,β-unsaturated/α-hetero) is 1. The van der Waals surface area contributed by atoms with E-state index in [4.69, 9.17) is 16.6 Å². The molecule has 0 fully saturated rings. The molecule has 0 aromatic carbocycles. The molecule has 0 saturated carbocycles. The summed E-state index contributed by atoms with van der Waals surface area (Å²) in [4.78, 5) is 14.2. The highest BCUT2D eigenvalue weighted by molar-refractivity contribution is 5.80. The molecule has 0 aliphatic rings. The van der Waals surface area contributed by atoms with E-state index in [1.165, 1.54) is 6.92 Å². The summed E-state index contributed by atoms with van der Waals surface area (Å²) in [5.41, 5.74) is 10.1. The van der Waals surface area contributed by atoms with Crippen molar-refractivity contribution in [2.75, 3.05) is 6.54 Å². The second-order valence-corrected chi connectivity index (χ2v) is 2.58. The molecule has 0 radical (unpaired) electrons. The van der Waals surface area contributed by atoms with Crippen LogP contribution in [0.25, 0.3) is 0 Å². The zero-order valence-electron chi connectivity index (χ0n) is 9.16. The van der Waals surface area contributed by atoms with E-state index in [1.807, 2.05) is 13.8 Å². The predicted molar refractivity (Wildman–Crippen MR) is 57.9 cm³/mol. The average molecular weight is 203 g/mol. The van der Waals surface area contributed by atoms with Gasteiger partial charge in [0.05, 0.1) is 0 Å². The van der Waals surface area contributed by atoms with Crippen molar-refractivity contribution in [3.63, 3.8) is 0 Å². The highest BCUT2D eigenvalue weighted by Gasteiger charge is 2.07. The number of hydrogen-bond acceptors (Lipinski definition) is 3. The normalized spacial score (nSPS) is 10.9. The van der Waals surface area contributed by atoms with Crippen molar-refractivity contribution in [3.05, 3.63) is 0 Å². The number of carbonyl (C=O) groups excluding carboxylic acids is 1. The Morgan fingerprint density at radius 2 is 1.93 bits per heavy atom. The van der Waals surface area contributed by atoms with Crippen LogP contribution >= 0.6 is 0 Å². The summed E-state index contributed by atoms with van der Waals surface area (Å²) in [7, 11) is 0. The summed E-state index contributed by atoms with van der Waals surface area (Å²) in [5, 5.41) is 9.03. The van der Waals surface area contributed by atoms with Crippen molar-refractivity contribution in [2.45, 2.75) is 39.7 Å². The molecule has 0 bridgehead atoms. The molecule has 84 valence electrons. The molecule has 14 heavy (non-hydrogen) atoms. The van der Waals surface area contributed by atoms with Crippen molar-refractivity contribution < 1.29 is 9.90 Å². The lowest BCUT2D eigenvalue weighted by Crippen LogP contribution is -2.23. The van der Waals surface area contributed by atoms with E-state index in [2.05, 4.69) is 4.99 Å². The minimum absolute atomic E-state index is 0.0346. The summed E-state index contributed by atoms with van der Waals surface area (Å²) in [5.74, 6) is -0.188. The number of nitrogens with two attached hydrogens (primary N) is 2. The number of aliphatic hydroxyl groups excluding tert-OH is 1. The molecule has 0 aliphatic heterocycles. The molecule has 1 atom stereocenters. The van der Waals surface area contributed by atoms with Gasteiger partial charge in [0.15, 0.2) is 11.7 Å². The summed E-state index contributed by atoms with van der Waals surface area (Å²) in [6.45, 7) is 5.80. The van der Waals surface area contributed by atoms with Gasteiger partial charge >= 0.3 is 0 Å². The van der Waals surface area contributed by atoms with E-state index in [-0.39, 0.29) is 11.7 Å². The SMILES string of the molecule is CC.CC(=O)C(O)CCCN=C(N)N. The molecule has 1 unspecified atom stereocenters. The molecule has 5 N–H and O–H groups in total. The Balaban J connectivity index is 0. The molecule has 5 heteroatoms. The van der Waals surface area contributed by atoms with Gasteiger partial charge in [-0.2, -0.15) is 0 Å². The molecule has 0 amide bonds. The maximum absolute atomic E-state index is 10.5. The minimum atomic E-state index is -0.876. The number of carbonyl (C=O) groups is 1. The summed E-state index contributed by atoms with van der Waals surface area (Å²) < 4.78 is 0. The maximum atomic E-state index is 10.5. The predicted octanol–water partition coefficient (Wildman–Crippen LogP) is 0.0161. The Hall–Kier alpha value is -1.10. The van der Waals surface area contributed by atoms with Crippen LogP contribution in [0.3, 0.4) is 0 Å². The number of aliphatic imine (C=N–C) groups is 1. The number of hydrogen-bond donors (Lipinski definition) is 3.